The number of hydrogen-bond donors (Lipinski definition) is 1. The number of thioether (sulfide) groups is 1. The molecule has 0 aromatic heterocycles. The molecule has 112 valence electrons. The second-order valence-corrected chi connectivity index (χ2v) is 7.10. The molecule has 1 saturated carbocycles. The molecule has 1 aliphatic rings. The van der Waals surface area contributed by atoms with Crippen LogP contribution in [-0.2, 0) is 6.42 Å². The fourth-order valence-corrected chi connectivity index (χ4v) is 4.35. The molecule has 1 aliphatic carbocycles. The zero-order chi connectivity index (χ0) is 14.4. The minimum Gasteiger partial charge on any atom is -0.313 e. The van der Waals surface area contributed by atoms with Crippen LogP contribution in [0.4, 0.5) is 4.39 Å². The lowest BCUT2D eigenvalue weighted by Crippen LogP contribution is -2.34. The van der Waals surface area contributed by atoms with Gasteiger partial charge in [0.1, 0.15) is 5.82 Å². The maximum atomic E-state index is 13.2. The first kappa shape index (κ1) is 15.8. The van der Waals surface area contributed by atoms with Gasteiger partial charge in [-0.1, -0.05) is 25.8 Å². The van der Waals surface area contributed by atoms with E-state index in [1.165, 1.54) is 31.2 Å². The van der Waals surface area contributed by atoms with Crippen molar-refractivity contribution in [1.82, 2.24) is 5.32 Å². The van der Waals surface area contributed by atoms with Gasteiger partial charge in [0.15, 0.2) is 0 Å². The monoisotopic (exact) mass is 295 g/mol. The first-order valence-electron chi connectivity index (χ1n) is 7.79. The summed E-state index contributed by atoms with van der Waals surface area (Å²) in [5.74, 6) is 1.03. The highest BCUT2D eigenvalue weighted by Crippen LogP contribution is 2.30. The number of rotatable bonds is 7. The van der Waals surface area contributed by atoms with Gasteiger partial charge in [-0.3, -0.25) is 0 Å². The summed E-state index contributed by atoms with van der Waals surface area (Å²) in [6.45, 7) is 5.16. The van der Waals surface area contributed by atoms with Crippen molar-refractivity contribution < 1.29 is 4.39 Å². The third-order valence-corrected chi connectivity index (χ3v) is 5.64. The summed E-state index contributed by atoms with van der Waals surface area (Å²) in [6, 6.07) is 5.66. The van der Waals surface area contributed by atoms with Crippen LogP contribution in [-0.4, -0.2) is 23.6 Å². The van der Waals surface area contributed by atoms with Gasteiger partial charge in [0, 0.05) is 17.0 Å². The Morgan fingerprint density at radius 3 is 2.75 bits per heavy atom. The van der Waals surface area contributed by atoms with E-state index in [1.807, 2.05) is 13.0 Å². The van der Waals surface area contributed by atoms with Crippen molar-refractivity contribution >= 4 is 11.8 Å². The van der Waals surface area contributed by atoms with Crippen molar-refractivity contribution in [2.24, 2.45) is 0 Å². The van der Waals surface area contributed by atoms with Crippen molar-refractivity contribution in [3.63, 3.8) is 0 Å². The Morgan fingerprint density at radius 1 is 1.35 bits per heavy atom. The van der Waals surface area contributed by atoms with E-state index in [0.717, 1.165) is 29.5 Å². The first-order valence-corrected chi connectivity index (χ1v) is 8.84. The lowest BCUT2D eigenvalue weighted by Gasteiger charge is -2.20. The van der Waals surface area contributed by atoms with Gasteiger partial charge >= 0.3 is 0 Å². The second-order valence-electron chi connectivity index (χ2n) is 5.77. The number of likely N-dealkylation sites (N-methyl/N-ethyl adjacent to an activating group) is 1. The highest BCUT2D eigenvalue weighted by Gasteiger charge is 2.18. The molecule has 0 saturated heterocycles. The SMILES string of the molecule is CCNC(CSC1CCCC1)Cc1ccc(F)cc1C. The lowest BCUT2D eigenvalue weighted by molar-refractivity contribution is 0.568. The molecule has 20 heavy (non-hydrogen) atoms. The zero-order valence-electron chi connectivity index (χ0n) is 12.6. The smallest absolute Gasteiger partial charge is 0.123 e. The molecule has 0 bridgehead atoms. The molecule has 0 radical (unpaired) electrons. The van der Waals surface area contributed by atoms with E-state index in [-0.39, 0.29) is 5.82 Å². The van der Waals surface area contributed by atoms with E-state index in [0.29, 0.717) is 6.04 Å². The molecule has 0 heterocycles. The summed E-state index contributed by atoms with van der Waals surface area (Å²) in [6.07, 6.45) is 6.58. The molecule has 0 amide bonds. The molecule has 1 atom stereocenters. The van der Waals surface area contributed by atoms with Crippen LogP contribution in [0.3, 0.4) is 0 Å². The van der Waals surface area contributed by atoms with Crippen molar-refractivity contribution in [2.45, 2.75) is 57.2 Å². The van der Waals surface area contributed by atoms with Crippen molar-refractivity contribution in [2.75, 3.05) is 12.3 Å². The minimum atomic E-state index is -0.133. The van der Waals surface area contributed by atoms with Crippen LogP contribution in [0.15, 0.2) is 18.2 Å². The Balaban J connectivity index is 1.90. The van der Waals surface area contributed by atoms with E-state index in [4.69, 9.17) is 0 Å². The summed E-state index contributed by atoms with van der Waals surface area (Å²) in [7, 11) is 0. The molecule has 2 rings (SSSR count). The average Bonchev–Trinajstić information content (AvgIpc) is 2.92. The van der Waals surface area contributed by atoms with Gasteiger partial charge in [0.2, 0.25) is 0 Å². The van der Waals surface area contributed by atoms with Crippen LogP contribution in [0.1, 0.15) is 43.7 Å². The molecule has 1 nitrogen and oxygen atoms in total. The topological polar surface area (TPSA) is 12.0 Å². The van der Waals surface area contributed by atoms with Crippen LogP contribution in [0.5, 0.6) is 0 Å². The fourth-order valence-electron chi connectivity index (χ4n) is 2.94. The van der Waals surface area contributed by atoms with Gasteiger partial charge in [-0.25, -0.2) is 4.39 Å². The summed E-state index contributed by atoms with van der Waals surface area (Å²) in [5.41, 5.74) is 2.34. The first-order chi connectivity index (χ1) is 9.69. The van der Waals surface area contributed by atoms with E-state index in [1.54, 1.807) is 12.1 Å². The third-order valence-electron chi connectivity index (χ3n) is 4.10. The molecule has 1 unspecified atom stereocenters. The van der Waals surface area contributed by atoms with Crippen LogP contribution >= 0.6 is 11.8 Å². The Morgan fingerprint density at radius 2 is 2.10 bits per heavy atom. The van der Waals surface area contributed by atoms with Crippen molar-refractivity contribution in [1.29, 1.82) is 0 Å². The minimum absolute atomic E-state index is 0.133. The standard InChI is InChI=1S/C17H26FNS/c1-3-19-16(12-20-17-6-4-5-7-17)11-14-8-9-15(18)10-13(14)2/h8-10,16-17,19H,3-7,11-12H2,1-2H3. The number of halogens is 1. The van der Waals surface area contributed by atoms with Gasteiger partial charge in [0.25, 0.3) is 0 Å². The Bertz CT molecular complexity index is 415. The van der Waals surface area contributed by atoms with Crippen molar-refractivity contribution in [3.05, 3.63) is 35.1 Å². The Kier molecular flexibility index (Phi) is 6.37. The third kappa shape index (κ3) is 4.78. The molecule has 3 heteroatoms. The molecular formula is C17H26FNS. The van der Waals surface area contributed by atoms with Gasteiger partial charge in [-0.15, -0.1) is 0 Å². The van der Waals surface area contributed by atoms with Crippen LogP contribution in [0, 0.1) is 12.7 Å². The van der Waals surface area contributed by atoms with E-state index in [9.17, 15) is 4.39 Å². The Hall–Kier alpha value is -0.540. The molecule has 1 aromatic rings. The van der Waals surface area contributed by atoms with Crippen molar-refractivity contribution in [3.8, 4) is 0 Å². The van der Waals surface area contributed by atoms with Gasteiger partial charge < -0.3 is 5.32 Å². The van der Waals surface area contributed by atoms with Gasteiger partial charge in [-0.05, 0) is 56.0 Å². The largest absolute Gasteiger partial charge is 0.313 e. The maximum Gasteiger partial charge on any atom is 0.123 e. The number of nitrogens with one attached hydrogen (secondary N) is 1. The van der Waals surface area contributed by atoms with Crippen LogP contribution < -0.4 is 5.32 Å². The maximum absolute atomic E-state index is 13.2. The predicted octanol–water partition coefficient (Wildman–Crippen LogP) is 4.33. The molecule has 1 N–H and O–H groups in total. The van der Waals surface area contributed by atoms with Crippen LogP contribution in [0.2, 0.25) is 0 Å². The molecule has 1 aromatic carbocycles. The van der Waals surface area contributed by atoms with Crippen LogP contribution in [0.25, 0.3) is 0 Å². The quantitative estimate of drug-likeness (QED) is 0.803. The highest BCUT2D eigenvalue weighted by atomic mass is 32.2. The summed E-state index contributed by atoms with van der Waals surface area (Å²) in [4.78, 5) is 0. The van der Waals surface area contributed by atoms with E-state index >= 15 is 0 Å². The summed E-state index contributed by atoms with van der Waals surface area (Å²) in [5, 5.41) is 4.45. The molecule has 0 aliphatic heterocycles. The highest BCUT2D eigenvalue weighted by molar-refractivity contribution is 7.99. The number of hydrogen-bond acceptors (Lipinski definition) is 2. The second kappa shape index (κ2) is 8.04. The van der Waals surface area contributed by atoms with E-state index < -0.39 is 0 Å². The number of aryl methyl sites for hydroxylation is 1. The zero-order valence-corrected chi connectivity index (χ0v) is 13.4. The summed E-state index contributed by atoms with van der Waals surface area (Å²) < 4.78 is 13.2. The lowest BCUT2D eigenvalue weighted by atomic mass is 10.0. The fraction of sp³-hybridized carbons (Fsp3) is 0.647. The predicted molar refractivity (Wildman–Crippen MR) is 87.0 cm³/mol. The number of benzene rings is 1. The Labute approximate surface area is 126 Å². The molecule has 0 spiro atoms. The van der Waals surface area contributed by atoms with Gasteiger partial charge in [0.05, 0.1) is 0 Å². The van der Waals surface area contributed by atoms with E-state index in [2.05, 4.69) is 24.0 Å². The van der Waals surface area contributed by atoms with Gasteiger partial charge in [-0.2, -0.15) is 11.8 Å². The summed E-state index contributed by atoms with van der Waals surface area (Å²) >= 11 is 2.12. The average molecular weight is 295 g/mol. The normalized spacial score (nSPS) is 17.6. The molecular weight excluding hydrogens is 269 g/mol. The molecule has 1 fully saturated rings.